The summed E-state index contributed by atoms with van der Waals surface area (Å²) in [5.41, 5.74) is 1.83. The van der Waals surface area contributed by atoms with Gasteiger partial charge in [-0.2, -0.15) is 0 Å². The zero-order chi connectivity index (χ0) is 15.6. The van der Waals surface area contributed by atoms with Crippen LogP contribution in [-0.2, 0) is 11.5 Å². The fraction of sp³-hybridized carbons (Fsp3) is 0.333. The Hall–Kier alpha value is -1.86. The third-order valence-electron chi connectivity index (χ3n) is 3.58. The van der Waals surface area contributed by atoms with Gasteiger partial charge in [0.25, 0.3) is 0 Å². The molecule has 0 saturated heterocycles. The van der Waals surface area contributed by atoms with Gasteiger partial charge in [-0.25, -0.2) is 9.67 Å². The first-order chi connectivity index (χ1) is 11.3. The normalized spacial score (nSPS) is 14.3. The van der Waals surface area contributed by atoms with Gasteiger partial charge in [-0.3, -0.25) is 0 Å². The molecule has 1 saturated carbocycles. The highest BCUT2D eigenvalue weighted by atomic mass is 35.5. The van der Waals surface area contributed by atoms with Crippen LogP contribution in [0.5, 0.6) is 0 Å². The highest BCUT2D eigenvalue weighted by Gasteiger charge is 2.27. The van der Waals surface area contributed by atoms with E-state index in [0.29, 0.717) is 17.0 Å². The number of rotatable bonds is 6. The summed E-state index contributed by atoms with van der Waals surface area (Å²) in [4.78, 5) is 4.51. The van der Waals surface area contributed by atoms with E-state index in [1.165, 1.54) is 12.8 Å². The zero-order valence-electron chi connectivity index (χ0n) is 12.2. The summed E-state index contributed by atoms with van der Waals surface area (Å²) >= 11 is 7.62. The van der Waals surface area contributed by atoms with Gasteiger partial charge in [-0.05, 0) is 47.5 Å². The number of nitrogens with zero attached hydrogens (tertiary/aromatic N) is 5. The lowest BCUT2D eigenvalue weighted by molar-refractivity contribution is 0.573. The summed E-state index contributed by atoms with van der Waals surface area (Å²) < 4.78 is 7.48. The molecule has 0 amide bonds. The number of hydrogen-bond donors (Lipinski definition) is 0. The molecule has 1 aliphatic rings. The molecule has 0 radical (unpaired) electrons. The quantitative estimate of drug-likeness (QED) is 0.676. The summed E-state index contributed by atoms with van der Waals surface area (Å²) in [7, 11) is 0. The predicted octanol–water partition coefficient (Wildman–Crippen LogP) is 3.75. The summed E-state index contributed by atoms with van der Waals surface area (Å²) in [6.45, 7) is 0. The van der Waals surface area contributed by atoms with E-state index in [-0.39, 0.29) is 0 Å². The van der Waals surface area contributed by atoms with E-state index in [0.717, 1.165) is 28.6 Å². The Kier molecular flexibility index (Phi) is 4.05. The monoisotopic (exact) mass is 347 g/mol. The highest BCUT2D eigenvalue weighted by molar-refractivity contribution is 7.97. The fourth-order valence-electron chi connectivity index (χ4n) is 2.26. The van der Waals surface area contributed by atoms with Gasteiger partial charge in [0.1, 0.15) is 6.26 Å². The molecule has 2 aromatic heterocycles. The number of aromatic nitrogens is 5. The summed E-state index contributed by atoms with van der Waals surface area (Å²) in [6, 6.07) is 7.95. The van der Waals surface area contributed by atoms with Crippen LogP contribution in [0.4, 0.5) is 0 Å². The topological polar surface area (TPSA) is 69.6 Å². The third-order valence-corrected chi connectivity index (χ3v) is 4.79. The van der Waals surface area contributed by atoms with Crippen LogP contribution in [0.25, 0.3) is 11.5 Å². The summed E-state index contributed by atoms with van der Waals surface area (Å²) in [6.07, 6.45) is 4.05. The number of benzene rings is 1. The highest BCUT2D eigenvalue weighted by Crippen LogP contribution is 2.35. The molecule has 0 unspecified atom stereocenters. The van der Waals surface area contributed by atoms with Crippen LogP contribution in [0, 0.1) is 0 Å². The third kappa shape index (κ3) is 3.40. The number of hydrogen-bond acceptors (Lipinski definition) is 6. The van der Waals surface area contributed by atoms with Gasteiger partial charge in [0.15, 0.2) is 5.82 Å². The van der Waals surface area contributed by atoms with Crippen molar-refractivity contribution in [2.45, 2.75) is 30.4 Å². The number of oxazole rings is 1. The molecular formula is C15H14ClN5OS. The largest absolute Gasteiger partial charge is 0.444 e. The molecule has 0 bridgehead atoms. The van der Waals surface area contributed by atoms with E-state index in [1.807, 2.05) is 28.9 Å². The molecule has 3 aromatic rings. The molecule has 2 heterocycles. The molecule has 6 nitrogen and oxygen atoms in total. The Bertz CT molecular complexity index is 796. The molecule has 1 aliphatic carbocycles. The second kappa shape index (κ2) is 6.33. The smallest absolute Gasteiger partial charge is 0.226 e. The van der Waals surface area contributed by atoms with Crippen molar-refractivity contribution in [1.29, 1.82) is 0 Å². The average Bonchev–Trinajstić information content (AvgIpc) is 3.11. The van der Waals surface area contributed by atoms with E-state index in [2.05, 4.69) is 20.5 Å². The van der Waals surface area contributed by atoms with Crippen molar-refractivity contribution in [3.8, 4) is 11.5 Å². The molecule has 4 rings (SSSR count). The number of halogens is 1. The van der Waals surface area contributed by atoms with Crippen molar-refractivity contribution in [3.63, 3.8) is 0 Å². The average molecular weight is 348 g/mol. The molecule has 1 fully saturated rings. The van der Waals surface area contributed by atoms with Crippen molar-refractivity contribution in [2.75, 3.05) is 0 Å². The van der Waals surface area contributed by atoms with Crippen LogP contribution in [0.3, 0.4) is 0 Å². The predicted molar refractivity (Wildman–Crippen MR) is 88.0 cm³/mol. The van der Waals surface area contributed by atoms with E-state index in [1.54, 1.807) is 18.0 Å². The minimum atomic E-state index is 0.504. The Labute approximate surface area is 142 Å². The second-order valence-corrected chi connectivity index (χ2v) is 6.84. The van der Waals surface area contributed by atoms with Gasteiger partial charge in [0, 0.05) is 16.3 Å². The van der Waals surface area contributed by atoms with E-state index in [4.69, 9.17) is 16.0 Å². The zero-order valence-corrected chi connectivity index (χ0v) is 13.8. The van der Waals surface area contributed by atoms with Crippen molar-refractivity contribution < 1.29 is 4.42 Å². The van der Waals surface area contributed by atoms with E-state index >= 15 is 0 Å². The Morgan fingerprint density at radius 2 is 2.04 bits per heavy atom. The second-order valence-electron chi connectivity index (χ2n) is 5.41. The molecule has 118 valence electrons. The number of thioether (sulfide) groups is 1. The first kappa shape index (κ1) is 14.7. The minimum absolute atomic E-state index is 0.504. The minimum Gasteiger partial charge on any atom is -0.444 e. The van der Waals surface area contributed by atoms with Crippen LogP contribution in [0.15, 0.2) is 34.9 Å². The van der Waals surface area contributed by atoms with Crippen molar-refractivity contribution >= 4 is 23.4 Å². The Morgan fingerprint density at radius 1 is 1.22 bits per heavy atom. The molecule has 8 heteroatoms. The van der Waals surface area contributed by atoms with Crippen molar-refractivity contribution in [3.05, 3.63) is 47.1 Å². The van der Waals surface area contributed by atoms with Gasteiger partial charge in [0.05, 0.1) is 17.5 Å². The van der Waals surface area contributed by atoms with Crippen molar-refractivity contribution in [1.82, 2.24) is 25.2 Å². The first-order valence-electron chi connectivity index (χ1n) is 7.34. The lowest BCUT2D eigenvalue weighted by atomic mass is 10.2. The fourth-order valence-corrected chi connectivity index (χ4v) is 3.20. The molecular weight excluding hydrogens is 334 g/mol. The van der Waals surface area contributed by atoms with E-state index in [9.17, 15) is 0 Å². The maximum absolute atomic E-state index is 5.89. The van der Waals surface area contributed by atoms with Crippen LogP contribution in [0.2, 0.25) is 5.02 Å². The molecule has 0 spiro atoms. The van der Waals surface area contributed by atoms with Crippen molar-refractivity contribution in [2.24, 2.45) is 0 Å². The molecule has 0 N–H and O–H groups in total. The first-order valence-corrected chi connectivity index (χ1v) is 8.88. The molecule has 23 heavy (non-hydrogen) atoms. The standard InChI is InChI=1S/C15H14ClN5OS/c16-11-3-1-10(2-4-11)15-17-12(7-22-15)8-23-9-14-18-19-20-21(14)13-5-6-13/h1-4,7,13H,5-6,8-9H2. The van der Waals surface area contributed by atoms with Crippen LogP contribution >= 0.6 is 23.4 Å². The SMILES string of the molecule is Clc1ccc(-c2nc(CSCc3nnnn3C3CC3)co2)cc1. The van der Waals surface area contributed by atoms with Crippen LogP contribution in [0.1, 0.15) is 30.4 Å². The van der Waals surface area contributed by atoms with Crippen LogP contribution in [-0.4, -0.2) is 25.2 Å². The lowest BCUT2D eigenvalue weighted by Gasteiger charge is -2.01. The van der Waals surface area contributed by atoms with Crippen LogP contribution < -0.4 is 0 Å². The van der Waals surface area contributed by atoms with Gasteiger partial charge in [0.2, 0.25) is 5.89 Å². The molecule has 1 aromatic carbocycles. The summed E-state index contributed by atoms with van der Waals surface area (Å²) in [5.74, 6) is 3.07. The van der Waals surface area contributed by atoms with Gasteiger partial charge < -0.3 is 4.42 Å². The van der Waals surface area contributed by atoms with E-state index < -0.39 is 0 Å². The summed E-state index contributed by atoms with van der Waals surface area (Å²) in [5, 5.41) is 12.6. The maximum atomic E-state index is 5.89. The molecule has 0 atom stereocenters. The van der Waals surface area contributed by atoms with Gasteiger partial charge in [-0.1, -0.05) is 11.6 Å². The van der Waals surface area contributed by atoms with Gasteiger partial charge >= 0.3 is 0 Å². The number of tetrazole rings is 1. The molecule has 0 aliphatic heterocycles. The maximum Gasteiger partial charge on any atom is 0.226 e. The Balaban J connectivity index is 1.36. The van der Waals surface area contributed by atoms with Gasteiger partial charge in [-0.15, -0.1) is 16.9 Å². The lowest BCUT2D eigenvalue weighted by Crippen LogP contribution is -2.02. The Morgan fingerprint density at radius 3 is 2.83 bits per heavy atom.